The number of fused-ring (bicyclic) bond motifs is 1. The fraction of sp³-hybridized carbons (Fsp3) is 0.353. The van der Waals surface area contributed by atoms with Crippen molar-refractivity contribution in [1.29, 1.82) is 0 Å². The molecule has 2 rings (SSSR count). The van der Waals surface area contributed by atoms with E-state index < -0.39 is 11.4 Å². The van der Waals surface area contributed by atoms with Gasteiger partial charge in [-0.2, -0.15) is 0 Å². The largest absolute Gasteiger partial charge is 0.497 e. The number of hydrogen-bond donors (Lipinski definition) is 1. The number of ether oxygens (including phenoxy) is 2. The summed E-state index contributed by atoms with van der Waals surface area (Å²) >= 11 is 0. The monoisotopic (exact) mass is 288 g/mol. The molecule has 4 heteroatoms. The summed E-state index contributed by atoms with van der Waals surface area (Å²) in [4.78, 5) is 11.2. The van der Waals surface area contributed by atoms with E-state index in [1.165, 1.54) is 0 Å². The van der Waals surface area contributed by atoms with Crippen LogP contribution in [-0.2, 0) is 10.2 Å². The third-order valence-electron chi connectivity index (χ3n) is 3.68. The molecule has 21 heavy (non-hydrogen) atoms. The second-order valence-electron chi connectivity index (χ2n) is 5.68. The van der Waals surface area contributed by atoms with Crippen molar-refractivity contribution in [3.63, 3.8) is 0 Å². The second-order valence-corrected chi connectivity index (χ2v) is 5.68. The van der Waals surface area contributed by atoms with Crippen LogP contribution in [0.1, 0.15) is 25.8 Å². The maximum absolute atomic E-state index is 11.2. The molecule has 0 aliphatic carbocycles. The zero-order valence-electron chi connectivity index (χ0n) is 12.8. The van der Waals surface area contributed by atoms with Gasteiger partial charge in [0.1, 0.15) is 11.5 Å². The van der Waals surface area contributed by atoms with Crippen LogP contribution in [0.4, 0.5) is 0 Å². The molecule has 0 fully saturated rings. The Bertz CT molecular complexity index is 669. The molecule has 112 valence electrons. The SMILES string of the molecule is COc1ccc2ccc(OC)c(C(C)(C)CC(=O)O)c2c1. The quantitative estimate of drug-likeness (QED) is 0.913. The van der Waals surface area contributed by atoms with Crippen LogP contribution in [0.15, 0.2) is 30.3 Å². The van der Waals surface area contributed by atoms with Crippen molar-refractivity contribution in [2.75, 3.05) is 14.2 Å². The van der Waals surface area contributed by atoms with Crippen molar-refractivity contribution in [2.24, 2.45) is 0 Å². The molecule has 2 aromatic carbocycles. The fourth-order valence-corrected chi connectivity index (χ4v) is 2.74. The minimum Gasteiger partial charge on any atom is -0.497 e. The van der Waals surface area contributed by atoms with Gasteiger partial charge in [0, 0.05) is 11.0 Å². The molecular weight excluding hydrogens is 268 g/mol. The number of hydrogen-bond acceptors (Lipinski definition) is 3. The van der Waals surface area contributed by atoms with E-state index in [2.05, 4.69) is 0 Å². The summed E-state index contributed by atoms with van der Waals surface area (Å²) in [6.07, 6.45) is 0.0275. The fourth-order valence-electron chi connectivity index (χ4n) is 2.74. The van der Waals surface area contributed by atoms with Gasteiger partial charge in [0.2, 0.25) is 0 Å². The van der Waals surface area contributed by atoms with Crippen molar-refractivity contribution in [1.82, 2.24) is 0 Å². The third-order valence-corrected chi connectivity index (χ3v) is 3.68. The van der Waals surface area contributed by atoms with Gasteiger partial charge in [-0.15, -0.1) is 0 Å². The summed E-state index contributed by atoms with van der Waals surface area (Å²) in [5, 5.41) is 11.2. The Morgan fingerprint density at radius 1 is 1.14 bits per heavy atom. The highest BCUT2D eigenvalue weighted by Gasteiger charge is 2.29. The summed E-state index contributed by atoms with van der Waals surface area (Å²) in [5.41, 5.74) is 0.340. The van der Waals surface area contributed by atoms with Crippen molar-refractivity contribution in [3.05, 3.63) is 35.9 Å². The Balaban J connectivity index is 2.75. The van der Waals surface area contributed by atoms with Crippen molar-refractivity contribution < 1.29 is 19.4 Å². The maximum atomic E-state index is 11.2. The van der Waals surface area contributed by atoms with Gasteiger partial charge in [-0.1, -0.05) is 26.0 Å². The standard InChI is InChI=1S/C17H20O4/c1-17(2,10-15(18)19)16-13-9-12(20-3)7-5-11(13)6-8-14(16)21-4/h5-9H,10H2,1-4H3,(H,18,19). The lowest BCUT2D eigenvalue weighted by Gasteiger charge is -2.27. The lowest BCUT2D eigenvalue weighted by atomic mass is 9.78. The third kappa shape index (κ3) is 2.94. The highest BCUT2D eigenvalue weighted by atomic mass is 16.5. The first kappa shape index (κ1) is 15.2. The molecule has 0 aliphatic rings. The number of aliphatic carboxylic acids is 1. The molecule has 0 bridgehead atoms. The number of carboxylic acids is 1. The molecule has 0 saturated carbocycles. The normalized spacial score (nSPS) is 11.4. The lowest BCUT2D eigenvalue weighted by molar-refractivity contribution is -0.138. The van der Waals surface area contributed by atoms with Gasteiger partial charge in [-0.25, -0.2) is 0 Å². The molecule has 2 aromatic rings. The molecule has 4 nitrogen and oxygen atoms in total. The molecule has 1 N–H and O–H groups in total. The number of methoxy groups -OCH3 is 2. The van der Waals surface area contributed by atoms with Gasteiger partial charge in [0.15, 0.2) is 0 Å². The van der Waals surface area contributed by atoms with Gasteiger partial charge in [0.25, 0.3) is 0 Å². The van der Waals surface area contributed by atoms with E-state index in [0.29, 0.717) is 5.75 Å². The molecule has 0 saturated heterocycles. The molecular formula is C17H20O4. The van der Waals surface area contributed by atoms with E-state index in [0.717, 1.165) is 22.1 Å². The van der Waals surface area contributed by atoms with E-state index in [1.807, 2.05) is 44.2 Å². The minimum atomic E-state index is -0.832. The predicted molar refractivity (Wildman–Crippen MR) is 82.3 cm³/mol. The van der Waals surface area contributed by atoms with E-state index >= 15 is 0 Å². The van der Waals surface area contributed by atoms with E-state index in [4.69, 9.17) is 9.47 Å². The van der Waals surface area contributed by atoms with Crippen LogP contribution in [-0.4, -0.2) is 25.3 Å². The molecule has 0 spiro atoms. The Kier molecular flexibility index (Phi) is 4.07. The van der Waals surface area contributed by atoms with Gasteiger partial charge >= 0.3 is 5.97 Å². The molecule has 0 aliphatic heterocycles. The zero-order chi connectivity index (χ0) is 15.6. The summed E-state index contributed by atoms with van der Waals surface area (Å²) in [5.74, 6) is 0.604. The summed E-state index contributed by atoms with van der Waals surface area (Å²) in [6.45, 7) is 3.83. The molecule has 0 aromatic heterocycles. The number of rotatable bonds is 5. The minimum absolute atomic E-state index is 0.0275. The van der Waals surface area contributed by atoms with Crippen LogP contribution in [0.3, 0.4) is 0 Å². The molecule has 0 radical (unpaired) electrons. The van der Waals surface area contributed by atoms with Gasteiger partial charge in [-0.3, -0.25) is 4.79 Å². The van der Waals surface area contributed by atoms with Crippen LogP contribution in [0, 0.1) is 0 Å². The average Bonchev–Trinajstić information content (AvgIpc) is 2.43. The van der Waals surface area contributed by atoms with Crippen LogP contribution in [0.25, 0.3) is 10.8 Å². The molecule has 0 atom stereocenters. The summed E-state index contributed by atoms with van der Waals surface area (Å²) < 4.78 is 10.7. The van der Waals surface area contributed by atoms with Crippen molar-refractivity contribution in [3.8, 4) is 11.5 Å². The Hall–Kier alpha value is -2.23. The van der Waals surface area contributed by atoms with Crippen LogP contribution in [0.2, 0.25) is 0 Å². The molecule has 0 heterocycles. The Morgan fingerprint density at radius 3 is 2.38 bits per heavy atom. The first-order valence-corrected chi connectivity index (χ1v) is 6.76. The van der Waals surface area contributed by atoms with Crippen molar-refractivity contribution >= 4 is 16.7 Å². The maximum Gasteiger partial charge on any atom is 0.304 e. The Labute approximate surface area is 124 Å². The smallest absolute Gasteiger partial charge is 0.304 e. The average molecular weight is 288 g/mol. The van der Waals surface area contributed by atoms with Gasteiger partial charge in [-0.05, 0) is 29.0 Å². The van der Waals surface area contributed by atoms with Gasteiger partial charge < -0.3 is 14.6 Å². The number of benzene rings is 2. The predicted octanol–water partition coefficient (Wildman–Crippen LogP) is 3.61. The molecule has 0 unspecified atom stereocenters. The first-order chi connectivity index (χ1) is 9.89. The van der Waals surface area contributed by atoms with Crippen LogP contribution >= 0.6 is 0 Å². The first-order valence-electron chi connectivity index (χ1n) is 6.76. The lowest BCUT2D eigenvalue weighted by Crippen LogP contribution is -2.23. The highest BCUT2D eigenvalue weighted by molar-refractivity contribution is 5.90. The highest BCUT2D eigenvalue weighted by Crippen LogP contribution is 2.40. The van der Waals surface area contributed by atoms with Crippen LogP contribution in [0.5, 0.6) is 11.5 Å². The zero-order valence-corrected chi connectivity index (χ0v) is 12.8. The van der Waals surface area contributed by atoms with E-state index in [-0.39, 0.29) is 6.42 Å². The van der Waals surface area contributed by atoms with Crippen LogP contribution < -0.4 is 9.47 Å². The number of carboxylic acid groups (broad SMARTS) is 1. The number of carbonyl (C=O) groups is 1. The topological polar surface area (TPSA) is 55.8 Å². The van der Waals surface area contributed by atoms with Gasteiger partial charge in [0.05, 0.1) is 20.6 Å². The summed E-state index contributed by atoms with van der Waals surface area (Å²) in [7, 11) is 3.21. The molecule has 0 amide bonds. The summed E-state index contributed by atoms with van der Waals surface area (Å²) in [6, 6.07) is 9.63. The second kappa shape index (κ2) is 5.64. The van der Waals surface area contributed by atoms with E-state index in [9.17, 15) is 9.90 Å². The Morgan fingerprint density at radius 2 is 1.81 bits per heavy atom. The van der Waals surface area contributed by atoms with E-state index in [1.54, 1.807) is 14.2 Å². The van der Waals surface area contributed by atoms with Crippen molar-refractivity contribution in [2.45, 2.75) is 25.7 Å².